The number of halogens is 1. The molecular formula is C14H21ClN4O3. The van der Waals surface area contributed by atoms with Crippen LogP contribution in [0, 0.1) is 5.92 Å². The molecule has 122 valence electrons. The molecule has 2 rings (SSSR count). The molecule has 1 saturated carbocycles. The quantitative estimate of drug-likeness (QED) is 0.672. The van der Waals surface area contributed by atoms with E-state index >= 15 is 0 Å². The molecule has 0 heterocycles. The van der Waals surface area contributed by atoms with Gasteiger partial charge >= 0.3 is 6.03 Å². The van der Waals surface area contributed by atoms with Crippen molar-refractivity contribution < 1.29 is 14.3 Å². The molecule has 7 nitrogen and oxygen atoms in total. The molecule has 1 fully saturated rings. The number of ether oxygens (including phenoxy) is 1. The van der Waals surface area contributed by atoms with E-state index in [-0.39, 0.29) is 30.3 Å². The normalized spacial score (nSPS) is 19.9. The number of methoxy groups -OCH3 is 1. The zero-order valence-corrected chi connectivity index (χ0v) is 13.1. The Kier molecular flexibility index (Phi) is 6.45. The van der Waals surface area contributed by atoms with Crippen LogP contribution < -0.4 is 26.8 Å². The monoisotopic (exact) mass is 328 g/mol. The fraction of sp³-hybridized carbons (Fsp3) is 0.429. The summed E-state index contributed by atoms with van der Waals surface area (Å²) in [6, 6.07) is 4.38. The van der Waals surface area contributed by atoms with Crippen molar-refractivity contribution in [3.8, 4) is 5.75 Å². The molecule has 1 aromatic rings. The minimum Gasteiger partial charge on any atom is -0.494 e. The van der Waals surface area contributed by atoms with Crippen molar-refractivity contribution in [2.75, 3.05) is 17.7 Å². The van der Waals surface area contributed by atoms with E-state index in [1.807, 2.05) is 0 Å². The first-order valence-electron chi connectivity index (χ1n) is 6.80. The van der Waals surface area contributed by atoms with E-state index in [0.717, 1.165) is 12.8 Å². The second kappa shape index (κ2) is 7.86. The lowest BCUT2D eigenvalue weighted by atomic mass is 10.1. The SMILES string of the molecule is COc1cc(NC(=O)C2CCC(N)C2)ccc1NC(N)=O.Cl. The summed E-state index contributed by atoms with van der Waals surface area (Å²) in [5.41, 5.74) is 11.9. The number of nitrogens with two attached hydrogens (primary N) is 2. The van der Waals surface area contributed by atoms with E-state index in [9.17, 15) is 9.59 Å². The zero-order chi connectivity index (χ0) is 15.4. The van der Waals surface area contributed by atoms with Crippen LogP contribution >= 0.6 is 12.4 Å². The van der Waals surface area contributed by atoms with Crippen LogP contribution in [0.25, 0.3) is 0 Å². The van der Waals surface area contributed by atoms with Crippen molar-refractivity contribution in [2.45, 2.75) is 25.3 Å². The van der Waals surface area contributed by atoms with Gasteiger partial charge in [0.1, 0.15) is 5.75 Å². The summed E-state index contributed by atoms with van der Waals surface area (Å²) in [6.07, 6.45) is 2.40. The van der Waals surface area contributed by atoms with Gasteiger partial charge in [0.15, 0.2) is 0 Å². The number of hydrogen-bond donors (Lipinski definition) is 4. The molecule has 0 spiro atoms. The average Bonchev–Trinajstić information content (AvgIpc) is 2.86. The lowest BCUT2D eigenvalue weighted by Gasteiger charge is -2.14. The van der Waals surface area contributed by atoms with E-state index in [4.69, 9.17) is 16.2 Å². The van der Waals surface area contributed by atoms with Gasteiger partial charge in [0, 0.05) is 23.7 Å². The molecule has 0 radical (unpaired) electrons. The van der Waals surface area contributed by atoms with Crippen LogP contribution in [0.4, 0.5) is 16.2 Å². The summed E-state index contributed by atoms with van der Waals surface area (Å²) in [5, 5.41) is 5.29. The summed E-state index contributed by atoms with van der Waals surface area (Å²) < 4.78 is 5.17. The van der Waals surface area contributed by atoms with Gasteiger partial charge in [0.05, 0.1) is 12.8 Å². The highest BCUT2D eigenvalue weighted by Gasteiger charge is 2.27. The Bertz CT molecular complexity index is 553. The van der Waals surface area contributed by atoms with E-state index in [2.05, 4.69) is 10.6 Å². The van der Waals surface area contributed by atoms with Gasteiger partial charge in [-0.2, -0.15) is 0 Å². The molecule has 1 aliphatic rings. The van der Waals surface area contributed by atoms with Crippen molar-refractivity contribution in [3.05, 3.63) is 18.2 Å². The number of amides is 3. The number of carbonyl (C=O) groups is 2. The van der Waals surface area contributed by atoms with Crippen LogP contribution in [-0.4, -0.2) is 25.1 Å². The summed E-state index contributed by atoms with van der Waals surface area (Å²) in [7, 11) is 1.48. The molecule has 8 heteroatoms. The highest BCUT2D eigenvalue weighted by Crippen LogP contribution is 2.29. The maximum absolute atomic E-state index is 12.1. The molecule has 6 N–H and O–H groups in total. The van der Waals surface area contributed by atoms with E-state index in [0.29, 0.717) is 23.5 Å². The fourth-order valence-corrected chi connectivity index (χ4v) is 2.50. The first-order valence-corrected chi connectivity index (χ1v) is 6.80. The van der Waals surface area contributed by atoms with E-state index in [1.54, 1.807) is 18.2 Å². The molecule has 1 aliphatic carbocycles. The maximum atomic E-state index is 12.1. The molecular weight excluding hydrogens is 308 g/mol. The minimum atomic E-state index is -0.676. The number of nitrogens with one attached hydrogen (secondary N) is 2. The van der Waals surface area contributed by atoms with Crippen molar-refractivity contribution in [1.29, 1.82) is 0 Å². The second-order valence-corrected chi connectivity index (χ2v) is 5.16. The third-order valence-electron chi connectivity index (χ3n) is 3.57. The van der Waals surface area contributed by atoms with Crippen LogP contribution in [0.5, 0.6) is 5.75 Å². The number of carbonyl (C=O) groups excluding carboxylic acids is 2. The molecule has 0 saturated heterocycles. The number of anilines is 2. The number of urea groups is 1. The predicted molar refractivity (Wildman–Crippen MR) is 87.4 cm³/mol. The molecule has 0 aliphatic heterocycles. The fourth-order valence-electron chi connectivity index (χ4n) is 2.50. The van der Waals surface area contributed by atoms with Crippen molar-refractivity contribution in [3.63, 3.8) is 0 Å². The smallest absolute Gasteiger partial charge is 0.316 e. The molecule has 2 atom stereocenters. The van der Waals surface area contributed by atoms with Gasteiger partial charge < -0.3 is 26.8 Å². The van der Waals surface area contributed by atoms with Gasteiger partial charge in [-0.25, -0.2) is 4.79 Å². The number of hydrogen-bond acceptors (Lipinski definition) is 4. The molecule has 1 aromatic carbocycles. The van der Waals surface area contributed by atoms with Crippen molar-refractivity contribution in [2.24, 2.45) is 17.4 Å². The van der Waals surface area contributed by atoms with Gasteiger partial charge in [0.25, 0.3) is 0 Å². The van der Waals surface area contributed by atoms with Crippen LogP contribution in [-0.2, 0) is 4.79 Å². The molecule has 3 amide bonds. The van der Waals surface area contributed by atoms with Crippen LogP contribution in [0.1, 0.15) is 19.3 Å². The Morgan fingerprint density at radius 2 is 2.00 bits per heavy atom. The molecule has 22 heavy (non-hydrogen) atoms. The third-order valence-corrected chi connectivity index (χ3v) is 3.57. The van der Waals surface area contributed by atoms with Gasteiger partial charge in [-0.15, -0.1) is 12.4 Å². The molecule has 0 bridgehead atoms. The van der Waals surface area contributed by atoms with Crippen LogP contribution in [0.2, 0.25) is 0 Å². The van der Waals surface area contributed by atoms with Crippen molar-refractivity contribution >= 4 is 35.7 Å². The summed E-state index contributed by atoms with van der Waals surface area (Å²) in [5.74, 6) is 0.338. The largest absolute Gasteiger partial charge is 0.494 e. The topological polar surface area (TPSA) is 119 Å². The summed E-state index contributed by atoms with van der Waals surface area (Å²) in [4.78, 5) is 23.0. The second-order valence-electron chi connectivity index (χ2n) is 5.16. The van der Waals surface area contributed by atoms with Crippen LogP contribution in [0.15, 0.2) is 18.2 Å². The van der Waals surface area contributed by atoms with Crippen molar-refractivity contribution in [1.82, 2.24) is 0 Å². The standard InChI is InChI=1S/C14H20N4O3.ClH/c1-21-12-7-10(4-5-11(12)18-14(16)20)17-13(19)8-2-3-9(15)6-8;/h4-5,7-9H,2-3,6,15H2,1H3,(H,17,19)(H3,16,18,20);1H. The number of benzene rings is 1. The average molecular weight is 329 g/mol. The third kappa shape index (κ3) is 4.51. The van der Waals surface area contributed by atoms with Crippen LogP contribution in [0.3, 0.4) is 0 Å². The van der Waals surface area contributed by atoms with Gasteiger partial charge in [0.2, 0.25) is 5.91 Å². The Balaban J connectivity index is 0.00000242. The highest BCUT2D eigenvalue weighted by molar-refractivity contribution is 5.94. The Morgan fingerprint density at radius 3 is 2.55 bits per heavy atom. The highest BCUT2D eigenvalue weighted by atomic mass is 35.5. The molecule has 2 unspecified atom stereocenters. The number of rotatable bonds is 4. The lowest BCUT2D eigenvalue weighted by Crippen LogP contribution is -2.23. The van der Waals surface area contributed by atoms with Gasteiger partial charge in [-0.05, 0) is 31.4 Å². The Morgan fingerprint density at radius 1 is 1.27 bits per heavy atom. The van der Waals surface area contributed by atoms with E-state index in [1.165, 1.54) is 7.11 Å². The van der Waals surface area contributed by atoms with Gasteiger partial charge in [-0.1, -0.05) is 0 Å². The summed E-state index contributed by atoms with van der Waals surface area (Å²) >= 11 is 0. The van der Waals surface area contributed by atoms with E-state index < -0.39 is 6.03 Å². The Hall–Kier alpha value is -1.99. The maximum Gasteiger partial charge on any atom is 0.316 e. The lowest BCUT2D eigenvalue weighted by molar-refractivity contribution is -0.119. The first kappa shape index (κ1) is 18.1. The van der Waals surface area contributed by atoms with Gasteiger partial charge in [-0.3, -0.25) is 4.79 Å². The predicted octanol–water partition coefficient (Wildman–Crippen LogP) is 1.67. The summed E-state index contributed by atoms with van der Waals surface area (Å²) in [6.45, 7) is 0. The number of primary amides is 1. The molecule has 0 aromatic heterocycles. The minimum absolute atomic E-state index is 0. The zero-order valence-electron chi connectivity index (χ0n) is 12.3. The first-order chi connectivity index (χ1) is 9.99. The Labute approximate surface area is 135 Å².